The Balaban J connectivity index is 1.99. The van der Waals surface area contributed by atoms with Gasteiger partial charge >= 0.3 is 0 Å². The molecule has 3 heteroatoms. The van der Waals surface area contributed by atoms with Crippen LogP contribution in [-0.4, -0.2) is 12.1 Å². The zero-order valence-electron chi connectivity index (χ0n) is 11.6. The summed E-state index contributed by atoms with van der Waals surface area (Å²) >= 11 is 0. The van der Waals surface area contributed by atoms with Crippen molar-refractivity contribution < 1.29 is 4.74 Å². The predicted octanol–water partition coefficient (Wildman–Crippen LogP) is 2.97. The third-order valence-corrected chi connectivity index (χ3v) is 4.00. The quantitative estimate of drug-likeness (QED) is 0.904. The van der Waals surface area contributed by atoms with E-state index in [4.69, 9.17) is 4.74 Å². The molecular weight excluding hydrogens is 236 g/mol. The van der Waals surface area contributed by atoms with Crippen molar-refractivity contribution in [1.29, 1.82) is 5.26 Å². The average molecular weight is 256 g/mol. The fraction of sp³-hybridized carbons (Fsp3) is 0.562. The van der Waals surface area contributed by atoms with E-state index in [0.29, 0.717) is 6.42 Å². The molecule has 0 saturated heterocycles. The molecule has 1 aromatic carbocycles. The molecule has 0 spiro atoms. The summed E-state index contributed by atoms with van der Waals surface area (Å²) in [5, 5.41) is 13.3. The van der Waals surface area contributed by atoms with Gasteiger partial charge in [-0.2, -0.15) is 5.26 Å². The van der Waals surface area contributed by atoms with Gasteiger partial charge in [0.15, 0.2) is 0 Å². The Morgan fingerprint density at radius 2 is 2.11 bits per heavy atom. The molecule has 100 valence electrons. The van der Waals surface area contributed by atoms with Crippen molar-refractivity contribution in [2.75, 3.05) is 6.54 Å². The highest BCUT2D eigenvalue weighted by molar-refractivity contribution is 5.46. The largest absolute Gasteiger partial charge is 0.487 e. The Morgan fingerprint density at radius 1 is 1.37 bits per heavy atom. The normalized spacial score (nSPS) is 28.1. The summed E-state index contributed by atoms with van der Waals surface area (Å²) in [6.07, 6.45) is 3.26. The molecule has 1 N–H and O–H groups in total. The van der Waals surface area contributed by atoms with E-state index in [1.165, 1.54) is 12.8 Å². The molecule has 19 heavy (non-hydrogen) atoms. The first kappa shape index (κ1) is 12.5. The Morgan fingerprint density at radius 3 is 2.79 bits per heavy atom. The van der Waals surface area contributed by atoms with Crippen molar-refractivity contribution in [2.24, 2.45) is 5.92 Å². The third-order valence-electron chi connectivity index (χ3n) is 4.00. The van der Waals surface area contributed by atoms with Gasteiger partial charge < -0.3 is 4.74 Å². The molecule has 1 aliphatic heterocycles. The van der Waals surface area contributed by atoms with Gasteiger partial charge in [-0.1, -0.05) is 18.2 Å². The summed E-state index contributed by atoms with van der Waals surface area (Å²) in [7, 11) is 0. The molecule has 0 amide bonds. The fourth-order valence-corrected chi connectivity index (χ4v) is 2.91. The van der Waals surface area contributed by atoms with Crippen molar-refractivity contribution in [2.45, 2.75) is 44.2 Å². The highest BCUT2D eigenvalue weighted by atomic mass is 16.5. The lowest BCUT2D eigenvalue weighted by molar-refractivity contribution is 0.0488. The first-order chi connectivity index (χ1) is 9.05. The van der Waals surface area contributed by atoms with E-state index in [1.54, 1.807) is 0 Å². The number of para-hydroxylation sites is 1. The molecule has 2 aliphatic rings. The van der Waals surface area contributed by atoms with E-state index in [2.05, 4.69) is 11.4 Å². The van der Waals surface area contributed by atoms with Crippen LogP contribution >= 0.6 is 0 Å². The monoisotopic (exact) mass is 256 g/mol. The molecule has 1 heterocycles. The molecule has 3 nitrogen and oxygen atoms in total. The van der Waals surface area contributed by atoms with Gasteiger partial charge in [-0.05, 0) is 45.2 Å². The highest BCUT2D eigenvalue weighted by Crippen LogP contribution is 2.43. The van der Waals surface area contributed by atoms with Crippen LogP contribution in [0.2, 0.25) is 0 Å². The van der Waals surface area contributed by atoms with E-state index < -0.39 is 5.54 Å². The third kappa shape index (κ3) is 2.33. The van der Waals surface area contributed by atoms with Crippen LogP contribution in [0.5, 0.6) is 5.75 Å². The molecule has 1 aliphatic carbocycles. The summed E-state index contributed by atoms with van der Waals surface area (Å²) in [5.74, 6) is 1.59. The zero-order chi connectivity index (χ0) is 13.5. The Kier molecular flexibility index (Phi) is 2.79. The molecule has 1 aromatic rings. The van der Waals surface area contributed by atoms with Crippen LogP contribution in [0.1, 0.15) is 38.7 Å². The van der Waals surface area contributed by atoms with E-state index in [0.717, 1.165) is 23.8 Å². The maximum atomic E-state index is 9.79. The van der Waals surface area contributed by atoms with Gasteiger partial charge in [0.05, 0.1) is 6.07 Å². The summed E-state index contributed by atoms with van der Waals surface area (Å²) in [6.45, 7) is 5.03. The highest BCUT2D eigenvalue weighted by Gasteiger charge is 2.46. The SMILES string of the molecule is CC1(C)CC(C#N)(NCC2CC2)c2ccccc2O1. The summed E-state index contributed by atoms with van der Waals surface area (Å²) in [4.78, 5) is 0. The van der Waals surface area contributed by atoms with Gasteiger partial charge in [0.25, 0.3) is 0 Å². The number of nitrogens with zero attached hydrogens (tertiary/aromatic N) is 1. The molecule has 1 unspecified atom stereocenters. The van der Waals surface area contributed by atoms with Crippen molar-refractivity contribution in [1.82, 2.24) is 5.32 Å². The van der Waals surface area contributed by atoms with Crippen molar-refractivity contribution in [3.8, 4) is 11.8 Å². The van der Waals surface area contributed by atoms with Gasteiger partial charge in [-0.15, -0.1) is 0 Å². The molecule has 0 bridgehead atoms. The second-order valence-corrected chi connectivity index (χ2v) is 6.38. The standard InChI is InChI=1S/C16H20N2O/c1-15(2)10-16(11-17,18-9-12-7-8-12)13-5-3-4-6-14(13)19-15/h3-6,12,18H,7-10H2,1-2H3. The smallest absolute Gasteiger partial charge is 0.139 e. The summed E-state index contributed by atoms with van der Waals surface area (Å²) in [5.41, 5.74) is 0.0548. The van der Waals surface area contributed by atoms with Crippen LogP contribution in [0, 0.1) is 17.2 Å². The summed E-state index contributed by atoms with van der Waals surface area (Å²) in [6, 6.07) is 10.4. The van der Waals surface area contributed by atoms with Crippen molar-refractivity contribution in [3.63, 3.8) is 0 Å². The van der Waals surface area contributed by atoms with Crippen LogP contribution in [0.25, 0.3) is 0 Å². The minimum absolute atomic E-state index is 0.319. The summed E-state index contributed by atoms with van der Waals surface area (Å²) < 4.78 is 6.01. The van der Waals surface area contributed by atoms with Gasteiger partial charge in [-0.25, -0.2) is 0 Å². The molecule has 3 rings (SSSR count). The van der Waals surface area contributed by atoms with Gasteiger partial charge in [0.2, 0.25) is 0 Å². The Bertz CT molecular complexity index is 528. The van der Waals surface area contributed by atoms with Crippen LogP contribution < -0.4 is 10.1 Å². The molecule has 0 radical (unpaired) electrons. The number of fused-ring (bicyclic) bond motifs is 1. The first-order valence-corrected chi connectivity index (χ1v) is 6.99. The number of nitrogens with one attached hydrogen (secondary N) is 1. The maximum absolute atomic E-state index is 9.79. The van der Waals surface area contributed by atoms with E-state index in [1.807, 2.05) is 38.1 Å². The molecule has 0 aromatic heterocycles. The van der Waals surface area contributed by atoms with Gasteiger partial charge in [-0.3, -0.25) is 5.32 Å². The van der Waals surface area contributed by atoms with Crippen LogP contribution in [0.15, 0.2) is 24.3 Å². The second kappa shape index (κ2) is 4.25. The topological polar surface area (TPSA) is 45.0 Å². The lowest BCUT2D eigenvalue weighted by Gasteiger charge is -2.42. The zero-order valence-corrected chi connectivity index (χ0v) is 11.6. The van der Waals surface area contributed by atoms with Crippen LogP contribution in [0.3, 0.4) is 0 Å². The van der Waals surface area contributed by atoms with Crippen LogP contribution in [-0.2, 0) is 5.54 Å². The van der Waals surface area contributed by atoms with E-state index >= 15 is 0 Å². The number of hydrogen-bond acceptors (Lipinski definition) is 3. The minimum Gasteiger partial charge on any atom is -0.487 e. The van der Waals surface area contributed by atoms with Gasteiger partial charge in [0.1, 0.15) is 16.9 Å². The second-order valence-electron chi connectivity index (χ2n) is 6.38. The molecule has 1 atom stereocenters. The van der Waals surface area contributed by atoms with Crippen molar-refractivity contribution in [3.05, 3.63) is 29.8 Å². The lowest BCUT2D eigenvalue weighted by atomic mass is 9.78. The minimum atomic E-state index is -0.610. The number of rotatable bonds is 3. The van der Waals surface area contributed by atoms with E-state index in [-0.39, 0.29) is 5.60 Å². The maximum Gasteiger partial charge on any atom is 0.139 e. The lowest BCUT2D eigenvalue weighted by Crippen LogP contribution is -2.52. The first-order valence-electron chi connectivity index (χ1n) is 6.99. The Hall–Kier alpha value is -1.53. The van der Waals surface area contributed by atoms with Crippen molar-refractivity contribution >= 4 is 0 Å². The number of ether oxygens (including phenoxy) is 1. The predicted molar refractivity (Wildman–Crippen MR) is 73.8 cm³/mol. The molecule has 1 saturated carbocycles. The Labute approximate surface area is 114 Å². The number of nitriles is 1. The van der Waals surface area contributed by atoms with Crippen LogP contribution in [0.4, 0.5) is 0 Å². The molecule has 1 fully saturated rings. The fourth-order valence-electron chi connectivity index (χ4n) is 2.91. The number of hydrogen-bond donors (Lipinski definition) is 1. The van der Waals surface area contributed by atoms with E-state index in [9.17, 15) is 5.26 Å². The van der Waals surface area contributed by atoms with Gasteiger partial charge in [0, 0.05) is 12.0 Å². The molecular formula is C16H20N2O. The number of benzene rings is 1. The average Bonchev–Trinajstić information content (AvgIpc) is 3.18.